The summed E-state index contributed by atoms with van der Waals surface area (Å²) in [4.78, 5) is 4.31. The normalized spacial score (nSPS) is 31.5. The van der Waals surface area contributed by atoms with Gasteiger partial charge in [0.2, 0.25) is 0 Å². The number of thiophene rings is 1. The smallest absolute Gasteiger partial charge is 0.0335 e. The molecule has 0 unspecified atom stereocenters. The summed E-state index contributed by atoms with van der Waals surface area (Å²) in [6.45, 7) is 7.91. The van der Waals surface area contributed by atoms with Crippen LogP contribution in [0.3, 0.4) is 0 Å². The minimum absolute atomic E-state index is 0.283. The van der Waals surface area contributed by atoms with Crippen LogP contribution in [-0.4, -0.2) is 23.5 Å². The minimum Gasteiger partial charge on any atom is -0.329 e. The lowest BCUT2D eigenvalue weighted by Crippen LogP contribution is -2.57. The Morgan fingerprint density at radius 3 is 2.80 bits per heavy atom. The van der Waals surface area contributed by atoms with Crippen molar-refractivity contribution >= 4 is 11.3 Å². The molecule has 3 rings (SSSR count). The lowest BCUT2D eigenvalue weighted by Gasteiger charge is -2.49. The first kappa shape index (κ1) is 14.6. The molecular formula is C17H28N2S. The van der Waals surface area contributed by atoms with E-state index >= 15 is 0 Å². The number of hydrogen-bond acceptors (Lipinski definition) is 3. The number of rotatable bonds is 3. The van der Waals surface area contributed by atoms with Crippen molar-refractivity contribution in [2.45, 2.75) is 58.0 Å². The Hall–Kier alpha value is -0.380. The zero-order valence-electron chi connectivity index (χ0n) is 12.9. The average Bonchev–Trinajstić information content (AvgIpc) is 2.94. The predicted molar refractivity (Wildman–Crippen MR) is 87.0 cm³/mol. The van der Waals surface area contributed by atoms with Gasteiger partial charge in [-0.15, -0.1) is 11.3 Å². The summed E-state index contributed by atoms with van der Waals surface area (Å²) in [5.74, 6) is 1.74. The Labute approximate surface area is 127 Å². The standard InChI is InChI=1S/C17H28N2S/c1-13(2)14-3-7-17(12-18,8-4-14)19-9-5-16-15(11-19)6-10-20-16/h6,10,13-14H,3-5,7-9,11-12,18H2,1-2H3. The van der Waals surface area contributed by atoms with Crippen molar-refractivity contribution in [3.05, 3.63) is 21.9 Å². The fraction of sp³-hybridized carbons (Fsp3) is 0.765. The minimum atomic E-state index is 0.283. The summed E-state index contributed by atoms with van der Waals surface area (Å²) >= 11 is 1.93. The second-order valence-corrected chi connectivity index (χ2v) is 8.05. The maximum Gasteiger partial charge on any atom is 0.0335 e. The molecule has 20 heavy (non-hydrogen) atoms. The quantitative estimate of drug-likeness (QED) is 0.921. The van der Waals surface area contributed by atoms with Gasteiger partial charge in [-0.3, -0.25) is 4.90 Å². The van der Waals surface area contributed by atoms with Crippen LogP contribution in [0, 0.1) is 11.8 Å². The topological polar surface area (TPSA) is 29.3 Å². The van der Waals surface area contributed by atoms with E-state index in [1.165, 1.54) is 38.6 Å². The van der Waals surface area contributed by atoms with Crippen LogP contribution in [0.25, 0.3) is 0 Å². The van der Waals surface area contributed by atoms with Crippen LogP contribution in [0.4, 0.5) is 0 Å². The highest BCUT2D eigenvalue weighted by Crippen LogP contribution is 2.41. The van der Waals surface area contributed by atoms with Crippen molar-refractivity contribution in [1.82, 2.24) is 4.90 Å². The summed E-state index contributed by atoms with van der Waals surface area (Å²) in [6.07, 6.45) is 6.55. The van der Waals surface area contributed by atoms with E-state index in [0.717, 1.165) is 24.9 Å². The molecule has 0 radical (unpaired) electrons. The number of nitrogens with two attached hydrogens (primary N) is 1. The van der Waals surface area contributed by atoms with Crippen LogP contribution in [-0.2, 0) is 13.0 Å². The Morgan fingerprint density at radius 2 is 2.15 bits per heavy atom. The Kier molecular flexibility index (Phi) is 4.21. The molecule has 2 N–H and O–H groups in total. The van der Waals surface area contributed by atoms with E-state index in [-0.39, 0.29) is 5.54 Å². The van der Waals surface area contributed by atoms with Crippen molar-refractivity contribution in [2.24, 2.45) is 17.6 Å². The van der Waals surface area contributed by atoms with Crippen molar-refractivity contribution in [3.8, 4) is 0 Å². The second kappa shape index (κ2) is 5.78. The molecule has 1 saturated carbocycles. The van der Waals surface area contributed by atoms with Crippen LogP contribution < -0.4 is 5.73 Å². The van der Waals surface area contributed by atoms with E-state index in [4.69, 9.17) is 5.73 Å². The van der Waals surface area contributed by atoms with Crippen LogP contribution in [0.5, 0.6) is 0 Å². The maximum atomic E-state index is 6.25. The monoisotopic (exact) mass is 292 g/mol. The van der Waals surface area contributed by atoms with Gasteiger partial charge in [-0.25, -0.2) is 0 Å². The summed E-state index contributed by atoms with van der Waals surface area (Å²) in [7, 11) is 0. The van der Waals surface area contributed by atoms with E-state index in [1.807, 2.05) is 11.3 Å². The molecule has 0 bridgehead atoms. The van der Waals surface area contributed by atoms with Crippen molar-refractivity contribution in [1.29, 1.82) is 0 Å². The molecule has 1 aromatic heterocycles. The van der Waals surface area contributed by atoms with Crippen molar-refractivity contribution < 1.29 is 0 Å². The van der Waals surface area contributed by atoms with Gasteiger partial charge in [0.15, 0.2) is 0 Å². The highest BCUT2D eigenvalue weighted by molar-refractivity contribution is 7.10. The number of nitrogens with zero attached hydrogens (tertiary/aromatic N) is 1. The third-order valence-corrected chi connectivity index (χ3v) is 6.79. The molecule has 2 aliphatic rings. The SMILES string of the molecule is CC(C)C1CCC(CN)(N2CCc3sccc3C2)CC1. The predicted octanol–water partition coefficient (Wildman–Crippen LogP) is 3.65. The Morgan fingerprint density at radius 1 is 1.40 bits per heavy atom. The summed E-state index contributed by atoms with van der Waals surface area (Å²) < 4.78 is 0. The second-order valence-electron chi connectivity index (χ2n) is 7.05. The van der Waals surface area contributed by atoms with Gasteiger partial charge in [0.25, 0.3) is 0 Å². The first-order valence-corrected chi connectivity index (χ1v) is 9.03. The molecular weight excluding hydrogens is 264 g/mol. The first-order valence-electron chi connectivity index (χ1n) is 8.15. The van der Waals surface area contributed by atoms with Gasteiger partial charge in [0.05, 0.1) is 0 Å². The van der Waals surface area contributed by atoms with Crippen molar-refractivity contribution in [3.63, 3.8) is 0 Å². The first-order chi connectivity index (χ1) is 9.64. The van der Waals surface area contributed by atoms with E-state index < -0.39 is 0 Å². The molecule has 1 aromatic rings. The zero-order chi connectivity index (χ0) is 14.2. The molecule has 0 aromatic carbocycles. The third-order valence-electron chi connectivity index (χ3n) is 5.76. The van der Waals surface area contributed by atoms with E-state index in [9.17, 15) is 0 Å². The van der Waals surface area contributed by atoms with Gasteiger partial charge in [-0.1, -0.05) is 13.8 Å². The molecule has 2 heterocycles. The summed E-state index contributed by atoms with van der Waals surface area (Å²) in [6, 6.07) is 2.32. The Balaban J connectivity index is 1.71. The molecule has 0 atom stereocenters. The molecule has 0 spiro atoms. The largest absolute Gasteiger partial charge is 0.329 e. The van der Waals surface area contributed by atoms with Crippen LogP contribution in [0.15, 0.2) is 11.4 Å². The summed E-state index contributed by atoms with van der Waals surface area (Å²) in [5.41, 5.74) is 8.09. The lowest BCUT2D eigenvalue weighted by atomic mass is 9.71. The van der Waals surface area contributed by atoms with Gasteiger partial charge in [-0.05, 0) is 60.9 Å². The number of hydrogen-bond donors (Lipinski definition) is 1. The van der Waals surface area contributed by atoms with Crippen molar-refractivity contribution in [2.75, 3.05) is 13.1 Å². The molecule has 0 amide bonds. The summed E-state index contributed by atoms with van der Waals surface area (Å²) in [5, 5.41) is 2.25. The van der Waals surface area contributed by atoms with Crippen LogP contribution in [0.1, 0.15) is 50.0 Å². The van der Waals surface area contributed by atoms with Gasteiger partial charge in [0, 0.05) is 30.1 Å². The molecule has 112 valence electrons. The zero-order valence-corrected chi connectivity index (χ0v) is 13.7. The van der Waals surface area contributed by atoms with E-state index in [0.29, 0.717) is 0 Å². The molecule has 0 saturated heterocycles. The molecule has 1 fully saturated rings. The van der Waals surface area contributed by atoms with Crippen LogP contribution in [0.2, 0.25) is 0 Å². The van der Waals surface area contributed by atoms with Gasteiger partial charge < -0.3 is 5.73 Å². The molecule has 3 heteroatoms. The molecule has 1 aliphatic carbocycles. The highest BCUT2D eigenvalue weighted by Gasteiger charge is 2.40. The molecule has 2 nitrogen and oxygen atoms in total. The number of fused-ring (bicyclic) bond motifs is 1. The fourth-order valence-electron chi connectivity index (χ4n) is 4.15. The van der Waals surface area contributed by atoms with E-state index in [2.05, 4.69) is 30.2 Å². The van der Waals surface area contributed by atoms with Gasteiger partial charge >= 0.3 is 0 Å². The highest BCUT2D eigenvalue weighted by atomic mass is 32.1. The lowest BCUT2D eigenvalue weighted by molar-refractivity contribution is 0.0249. The average molecular weight is 292 g/mol. The van der Waals surface area contributed by atoms with Crippen LogP contribution >= 0.6 is 11.3 Å². The molecule has 1 aliphatic heterocycles. The van der Waals surface area contributed by atoms with Gasteiger partial charge in [-0.2, -0.15) is 0 Å². The van der Waals surface area contributed by atoms with Gasteiger partial charge in [0.1, 0.15) is 0 Å². The third kappa shape index (κ3) is 2.56. The fourth-order valence-corrected chi connectivity index (χ4v) is 5.04. The Bertz CT molecular complexity index is 444. The maximum absolute atomic E-state index is 6.25. The van der Waals surface area contributed by atoms with E-state index in [1.54, 1.807) is 10.4 Å².